The second-order valence-corrected chi connectivity index (χ2v) is 10.1. The first-order valence-corrected chi connectivity index (χ1v) is 13.5. The fourth-order valence-corrected chi connectivity index (χ4v) is 5.25. The van der Waals surface area contributed by atoms with Crippen LogP contribution in [0.5, 0.6) is 23.0 Å². The molecule has 0 saturated carbocycles. The van der Waals surface area contributed by atoms with Crippen LogP contribution in [0.1, 0.15) is 12.0 Å². The first-order valence-electron chi connectivity index (χ1n) is 13.2. The van der Waals surface area contributed by atoms with Crippen LogP contribution < -0.4 is 24.4 Å². The van der Waals surface area contributed by atoms with Crippen molar-refractivity contribution in [3.63, 3.8) is 0 Å². The van der Waals surface area contributed by atoms with Gasteiger partial charge in [-0.1, -0.05) is 23.7 Å². The number of hydrogen-bond donors (Lipinski definition) is 1. The van der Waals surface area contributed by atoms with Gasteiger partial charge >= 0.3 is 0 Å². The molecule has 40 heavy (non-hydrogen) atoms. The van der Waals surface area contributed by atoms with E-state index in [-0.39, 0.29) is 0 Å². The molecule has 2 aromatic carbocycles. The third-order valence-corrected chi connectivity index (χ3v) is 7.46. The van der Waals surface area contributed by atoms with E-state index in [0.29, 0.717) is 34.1 Å². The van der Waals surface area contributed by atoms with Crippen molar-refractivity contribution >= 4 is 22.9 Å². The third kappa shape index (κ3) is 5.41. The molecule has 3 aromatic heterocycles. The van der Waals surface area contributed by atoms with Crippen LogP contribution in [0.2, 0.25) is 5.02 Å². The summed E-state index contributed by atoms with van der Waals surface area (Å²) in [5.41, 5.74) is 4.96. The minimum absolute atomic E-state index is 0.437. The van der Waals surface area contributed by atoms with E-state index in [1.165, 1.54) is 11.3 Å². The van der Waals surface area contributed by atoms with E-state index in [9.17, 15) is 0 Å². The highest BCUT2D eigenvalue weighted by Gasteiger charge is 2.23. The highest BCUT2D eigenvalue weighted by molar-refractivity contribution is 6.32. The number of ether oxygens (including phenoxy) is 3. The van der Waals surface area contributed by atoms with Crippen LogP contribution >= 0.6 is 11.6 Å². The Hall–Kier alpha value is -4.27. The smallest absolute Gasteiger partial charge is 0.171 e. The number of methoxy groups -OCH3 is 2. The molecule has 1 aliphatic heterocycles. The standard InChI is InChI=1S/C31H30ClN5O3/c1-38-28-17-29(39-2)30(16-25(28)32)40-27-6-4-3-5-24(27)26-20-37-14-10-23(15-31(37)35-26)36-13-9-22(19-36)34-18-21-7-11-33-12-8-21/h3-8,10-12,14-17,20,22,34H,9,13,18-19H2,1-2H3/t22-/m0/s1. The Kier molecular flexibility index (Phi) is 7.44. The number of nitrogens with zero attached hydrogens (tertiary/aromatic N) is 4. The van der Waals surface area contributed by atoms with Gasteiger partial charge in [0.15, 0.2) is 11.5 Å². The molecule has 0 radical (unpaired) electrons. The van der Waals surface area contributed by atoms with Crippen molar-refractivity contribution in [3.05, 3.63) is 96.0 Å². The predicted molar refractivity (Wildman–Crippen MR) is 157 cm³/mol. The Labute approximate surface area is 238 Å². The zero-order valence-corrected chi connectivity index (χ0v) is 23.1. The summed E-state index contributed by atoms with van der Waals surface area (Å²) in [5, 5.41) is 4.11. The summed E-state index contributed by atoms with van der Waals surface area (Å²) in [5.74, 6) is 2.18. The number of anilines is 1. The zero-order valence-electron chi connectivity index (χ0n) is 22.4. The van der Waals surface area contributed by atoms with Gasteiger partial charge in [0.2, 0.25) is 0 Å². The van der Waals surface area contributed by atoms with E-state index in [1.807, 2.05) is 47.3 Å². The van der Waals surface area contributed by atoms with Gasteiger partial charge in [-0.05, 0) is 42.3 Å². The van der Waals surface area contributed by atoms with Crippen molar-refractivity contribution in [2.24, 2.45) is 0 Å². The number of aromatic nitrogens is 3. The maximum atomic E-state index is 6.37. The van der Waals surface area contributed by atoms with Crippen LogP contribution in [0, 0.1) is 0 Å². The quantitative estimate of drug-likeness (QED) is 0.231. The number of benzene rings is 2. The van der Waals surface area contributed by atoms with Crippen LogP contribution in [0.4, 0.5) is 5.69 Å². The fraction of sp³-hybridized carbons (Fsp3) is 0.226. The Bertz CT molecular complexity index is 1620. The highest BCUT2D eigenvalue weighted by atomic mass is 35.5. The second kappa shape index (κ2) is 11.5. The van der Waals surface area contributed by atoms with Gasteiger partial charge in [-0.25, -0.2) is 4.98 Å². The van der Waals surface area contributed by atoms with E-state index in [4.69, 9.17) is 30.8 Å². The Morgan fingerprint density at radius 3 is 2.60 bits per heavy atom. The molecule has 6 rings (SSSR count). The molecule has 1 atom stereocenters. The van der Waals surface area contributed by atoms with Crippen LogP contribution in [-0.4, -0.2) is 47.7 Å². The number of rotatable bonds is 9. The van der Waals surface area contributed by atoms with Gasteiger partial charge in [0, 0.05) is 79.9 Å². The summed E-state index contributed by atoms with van der Waals surface area (Å²) < 4.78 is 19.2. The predicted octanol–water partition coefficient (Wildman–Crippen LogP) is 6.23. The molecule has 204 valence electrons. The summed E-state index contributed by atoms with van der Waals surface area (Å²) in [6, 6.07) is 20.0. The molecule has 0 aliphatic carbocycles. The summed E-state index contributed by atoms with van der Waals surface area (Å²) in [6.07, 6.45) is 8.85. The first kappa shape index (κ1) is 26.0. The summed E-state index contributed by atoms with van der Waals surface area (Å²) in [7, 11) is 3.15. The number of imidazole rings is 1. The average Bonchev–Trinajstić information content (AvgIpc) is 3.64. The first-order chi connectivity index (χ1) is 19.6. The van der Waals surface area contributed by atoms with Gasteiger partial charge in [0.05, 0.1) is 24.9 Å². The molecule has 5 aromatic rings. The molecular formula is C31H30ClN5O3. The number of hydrogen-bond acceptors (Lipinski definition) is 7. The molecule has 1 fully saturated rings. The summed E-state index contributed by atoms with van der Waals surface area (Å²) in [6.45, 7) is 2.80. The lowest BCUT2D eigenvalue weighted by molar-refractivity contribution is 0.369. The molecule has 9 heteroatoms. The van der Waals surface area contributed by atoms with E-state index in [2.05, 4.69) is 45.7 Å². The van der Waals surface area contributed by atoms with Crippen LogP contribution in [0.15, 0.2) is 85.5 Å². The number of para-hydroxylation sites is 1. The molecule has 0 spiro atoms. The van der Waals surface area contributed by atoms with E-state index >= 15 is 0 Å². The topological polar surface area (TPSA) is 73.2 Å². The van der Waals surface area contributed by atoms with Crippen molar-refractivity contribution in [2.75, 3.05) is 32.2 Å². The molecule has 1 saturated heterocycles. The molecule has 0 unspecified atom stereocenters. The Balaban J connectivity index is 1.21. The maximum Gasteiger partial charge on any atom is 0.171 e. The van der Waals surface area contributed by atoms with Gasteiger partial charge in [0.1, 0.15) is 17.1 Å². The number of pyridine rings is 2. The highest BCUT2D eigenvalue weighted by Crippen LogP contribution is 2.42. The summed E-state index contributed by atoms with van der Waals surface area (Å²) in [4.78, 5) is 11.5. The minimum atomic E-state index is 0.437. The van der Waals surface area contributed by atoms with Crippen molar-refractivity contribution in [3.8, 4) is 34.3 Å². The lowest BCUT2D eigenvalue weighted by Gasteiger charge is -2.19. The molecule has 8 nitrogen and oxygen atoms in total. The largest absolute Gasteiger partial charge is 0.495 e. The van der Waals surface area contributed by atoms with E-state index in [0.717, 1.165) is 43.0 Å². The van der Waals surface area contributed by atoms with Crippen LogP contribution in [0.3, 0.4) is 0 Å². The van der Waals surface area contributed by atoms with Crippen LogP contribution in [0.25, 0.3) is 16.9 Å². The third-order valence-electron chi connectivity index (χ3n) is 7.16. The maximum absolute atomic E-state index is 6.37. The Morgan fingerprint density at radius 1 is 0.950 bits per heavy atom. The molecular weight excluding hydrogens is 526 g/mol. The molecule has 0 bridgehead atoms. The Morgan fingerprint density at radius 2 is 1.77 bits per heavy atom. The lowest BCUT2D eigenvalue weighted by Crippen LogP contribution is -2.32. The number of halogens is 1. The van der Waals surface area contributed by atoms with Gasteiger partial charge < -0.3 is 28.8 Å². The average molecular weight is 556 g/mol. The van der Waals surface area contributed by atoms with Crippen molar-refractivity contribution < 1.29 is 14.2 Å². The molecule has 1 aliphatic rings. The fourth-order valence-electron chi connectivity index (χ4n) is 5.02. The van der Waals surface area contributed by atoms with E-state index < -0.39 is 0 Å². The molecule has 4 heterocycles. The number of nitrogens with one attached hydrogen (secondary N) is 1. The molecule has 1 N–H and O–H groups in total. The lowest BCUT2D eigenvalue weighted by atomic mass is 10.1. The van der Waals surface area contributed by atoms with Crippen molar-refractivity contribution in [1.82, 2.24) is 19.7 Å². The number of fused-ring (bicyclic) bond motifs is 1. The second-order valence-electron chi connectivity index (χ2n) is 9.68. The van der Waals surface area contributed by atoms with Gasteiger partial charge in [-0.2, -0.15) is 0 Å². The minimum Gasteiger partial charge on any atom is -0.495 e. The normalized spacial score (nSPS) is 15.0. The van der Waals surface area contributed by atoms with Crippen molar-refractivity contribution in [1.29, 1.82) is 0 Å². The van der Waals surface area contributed by atoms with Crippen LogP contribution in [-0.2, 0) is 6.54 Å². The van der Waals surface area contributed by atoms with Gasteiger partial charge in [-0.15, -0.1) is 0 Å². The van der Waals surface area contributed by atoms with Gasteiger partial charge in [-0.3, -0.25) is 4.98 Å². The van der Waals surface area contributed by atoms with Crippen molar-refractivity contribution in [2.45, 2.75) is 19.0 Å². The molecule has 0 amide bonds. The summed E-state index contributed by atoms with van der Waals surface area (Å²) >= 11 is 6.37. The van der Waals surface area contributed by atoms with E-state index in [1.54, 1.807) is 26.4 Å². The SMILES string of the molecule is COc1cc(OC)c(Oc2ccccc2-c2cn3ccc(N4CC[C@H](NCc5ccncc5)C4)cc3n2)cc1Cl. The zero-order chi connectivity index (χ0) is 27.5. The monoisotopic (exact) mass is 555 g/mol. The van der Waals surface area contributed by atoms with Gasteiger partial charge in [0.25, 0.3) is 0 Å².